The lowest BCUT2D eigenvalue weighted by Crippen LogP contribution is -2.34. The number of carbonyl (C=O) groups is 2. The molecule has 164 valence electrons. The van der Waals surface area contributed by atoms with Crippen LogP contribution in [0.4, 0.5) is 11.4 Å². The second kappa shape index (κ2) is 11.1. The Hall–Kier alpha value is -3.71. The highest BCUT2D eigenvalue weighted by molar-refractivity contribution is 7.80. The fourth-order valence-corrected chi connectivity index (χ4v) is 3.13. The maximum absolute atomic E-state index is 12.6. The van der Waals surface area contributed by atoms with Gasteiger partial charge in [0, 0.05) is 22.5 Å². The Morgan fingerprint density at radius 1 is 0.844 bits per heavy atom. The molecule has 3 rings (SSSR count). The molecular formula is C25H25N3O3S. The van der Waals surface area contributed by atoms with E-state index in [1.807, 2.05) is 38.1 Å². The van der Waals surface area contributed by atoms with Crippen molar-refractivity contribution in [2.75, 3.05) is 17.2 Å². The molecular weight excluding hydrogens is 422 g/mol. The zero-order chi connectivity index (χ0) is 22.9. The number of ether oxygens (including phenoxy) is 1. The molecule has 0 aliphatic heterocycles. The minimum atomic E-state index is -0.335. The molecule has 2 amide bonds. The summed E-state index contributed by atoms with van der Waals surface area (Å²) in [5, 5.41) is 8.59. The van der Waals surface area contributed by atoms with Crippen molar-refractivity contribution in [2.45, 2.75) is 20.3 Å². The lowest BCUT2D eigenvalue weighted by Gasteiger charge is -2.12. The van der Waals surface area contributed by atoms with E-state index < -0.39 is 0 Å². The molecule has 6 nitrogen and oxygen atoms in total. The van der Waals surface area contributed by atoms with Gasteiger partial charge in [0.2, 0.25) is 0 Å². The molecule has 3 aromatic carbocycles. The van der Waals surface area contributed by atoms with Crippen molar-refractivity contribution in [1.29, 1.82) is 0 Å². The maximum atomic E-state index is 12.6. The van der Waals surface area contributed by atoms with Crippen LogP contribution < -0.4 is 20.7 Å². The second-order valence-corrected chi connectivity index (χ2v) is 7.59. The lowest BCUT2D eigenvalue weighted by molar-refractivity contribution is 0.0976. The third kappa shape index (κ3) is 6.65. The fraction of sp³-hybridized carbons (Fsp3) is 0.160. The van der Waals surface area contributed by atoms with Gasteiger partial charge in [-0.1, -0.05) is 25.1 Å². The second-order valence-electron chi connectivity index (χ2n) is 7.19. The highest BCUT2D eigenvalue weighted by Gasteiger charge is 2.10. The van der Waals surface area contributed by atoms with Crippen molar-refractivity contribution in [3.63, 3.8) is 0 Å². The van der Waals surface area contributed by atoms with Gasteiger partial charge in [-0.2, -0.15) is 0 Å². The van der Waals surface area contributed by atoms with E-state index in [0.29, 0.717) is 29.2 Å². The molecule has 0 unspecified atom stereocenters. The summed E-state index contributed by atoms with van der Waals surface area (Å²) >= 11 is 5.26. The van der Waals surface area contributed by atoms with Gasteiger partial charge in [-0.15, -0.1) is 0 Å². The first-order chi connectivity index (χ1) is 15.4. The number of hydrogen-bond donors (Lipinski definition) is 3. The van der Waals surface area contributed by atoms with E-state index in [2.05, 4.69) is 16.0 Å². The Morgan fingerprint density at radius 3 is 2.22 bits per heavy atom. The van der Waals surface area contributed by atoms with Crippen LogP contribution in [0, 0.1) is 6.92 Å². The lowest BCUT2D eigenvalue weighted by atomic mass is 10.1. The maximum Gasteiger partial charge on any atom is 0.257 e. The van der Waals surface area contributed by atoms with Crippen LogP contribution in [0.2, 0.25) is 0 Å². The quantitative estimate of drug-likeness (QED) is 0.436. The Balaban J connectivity index is 1.58. The predicted molar refractivity (Wildman–Crippen MR) is 131 cm³/mol. The molecule has 0 heterocycles. The average molecular weight is 448 g/mol. The number of carbonyl (C=O) groups excluding carboxylic acids is 2. The topological polar surface area (TPSA) is 79.5 Å². The van der Waals surface area contributed by atoms with Gasteiger partial charge in [0.15, 0.2) is 5.11 Å². The van der Waals surface area contributed by atoms with Gasteiger partial charge < -0.3 is 15.4 Å². The summed E-state index contributed by atoms with van der Waals surface area (Å²) in [5.74, 6) is 0.141. The van der Waals surface area contributed by atoms with Gasteiger partial charge in [-0.25, -0.2) is 0 Å². The van der Waals surface area contributed by atoms with E-state index in [4.69, 9.17) is 17.0 Å². The van der Waals surface area contributed by atoms with E-state index in [9.17, 15) is 9.59 Å². The molecule has 0 aliphatic carbocycles. The zero-order valence-electron chi connectivity index (χ0n) is 18.0. The minimum absolute atomic E-state index is 0.137. The SMILES string of the molecule is CCCOc1ccc(C(=O)NC(=S)Nc2cccc(C(=O)Nc3cccc(C)c3)c2)cc1. The van der Waals surface area contributed by atoms with Gasteiger partial charge in [0.25, 0.3) is 11.8 Å². The monoisotopic (exact) mass is 447 g/mol. The minimum Gasteiger partial charge on any atom is -0.494 e. The van der Waals surface area contributed by atoms with E-state index in [1.165, 1.54) is 0 Å². The standard InChI is InChI=1S/C25H25N3O3S/c1-3-14-31-22-12-10-18(11-13-22)23(29)28-25(32)27-21-9-5-7-19(16-21)24(30)26-20-8-4-6-17(2)15-20/h4-13,15-16H,3,14H2,1-2H3,(H,26,30)(H2,27,28,29,32). The number of thiocarbonyl (C=S) groups is 1. The van der Waals surface area contributed by atoms with E-state index >= 15 is 0 Å². The van der Waals surface area contributed by atoms with Gasteiger partial charge in [0.05, 0.1) is 6.61 Å². The number of rotatable bonds is 7. The Bertz CT molecular complexity index is 1110. The van der Waals surface area contributed by atoms with Crippen LogP contribution in [0.5, 0.6) is 5.75 Å². The van der Waals surface area contributed by atoms with Gasteiger partial charge in [-0.05, 0) is 85.7 Å². The van der Waals surface area contributed by atoms with Crippen LogP contribution in [0.15, 0.2) is 72.8 Å². The van der Waals surface area contributed by atoms with Crippen LogP contribution in [0.25, 0.3) is 0 Å². The third-order valence-electron chi connectivity index (χ3n) is 4.47. The van der Waals surface area contributed by atoms with Crippen LogP contribution in [-0.2, 0) is 0 Å². The molecule has 0 saturated heterocycles. The summed E-state index contributed by atoms with van der Waals surface area (Å²) < 4.78 is 5.52. The number of anilines is 2. The normalized spacial score (nSPS) is 10.2. The first kappa shape index (κ1) is 23.0. The molecule has 0 spiro atoms. The smallest absolute Gasteiger partial charge is 0.257 e. The summed E-state index contributed by atoms with van der Waals surface area (Å²) in [5.41, 5.74) is 3.30. The molecule has 7 heteroatoms. The summed E-state index contributed by atoms with van der Waals surface area (Å²) in [6.45, 7) is 4.62. The van der Waals surface area contributed by atoms with Gasteiger partial charge >= 0.3 is 0 Å². The first-order valence-corrected chi connectivity index (χ1v) is 10.7. The summed E-state index contributed by atoms with van der Waals surface area (Å²) in [4.78, 5) is 25.0. The van der Waals surface area contributed by atoms with Crippen molar-refractivity contribution in [3.05, 3.63) is 89.5 Å². The predicted octanol–water partition coefficient (Wildman–Crippen LogP) is 5.16. The van der Waals surface area contributed by atoms with Crippen molar-refractivity contribution < 1.29 is 14.3 Å². The molecule has 0 saturated carbocycles. The highest BCUT2D eigenvalue weighted by Crippen LogP contribution is 2.15. The first-order valence-electron chi connectivity index (χ1n) is 10.3. The van der Waals surface area contributed by atoms with Crippen LogP contribution in [0.3, 0.4) is 0 Å². The molecule has 0 aromatic heterocycles. The van der Waals surface area contributed by atoms with Crippen LogP contribution >= 0.6 is 12.2 Å². The molecule has 0 bridgehead atoms. The van der Waals surface area contributed by atoms with Crippen molar-refractivity contribution >= 4 is 40.5 Å². The Morgan fingerprint density at radius 2 is 1.53 bits per heavy atom. The number of hydrogen-bond acceptors (Lipinski definition) is 4. The summed E-state index contributed by atoms with van der Waals surface area (Å²) in [6.07, 6.45) is 0.914. The number of amides is 2. The van der Waals surface area contributed by atoms with Crippen molar-refractivity contribution in [1.82, 2.24) is 5.32 Å². The van der Waals surface area contributed by atoms with Crippen LogP contribution in [0.1, 0.15) is 39.6 Å². The van der Waals surface area contributed by atoms with E-state index in [1.54, 1.807) is 48.5 Å². The average Bonchev–Trinajstić information content (AvgIpc) is 2.78. The third-order valence-corrected chi connectivity index (χ3v) is 4.68. The molecule has 0 radical (unpaired) electrons. The zero-order valence-corrected chi connectivity index (χ0v) is 18.8. The van der Waals surface area contributed by atoms with Crippen LogP contribution in [-0.4, -0.2) is 23.5 Å². The number of aryl methyl sites for hydroxylation is 1. The van der Waals surface area contributed by atoms with Gasteiger partial charge in [-0.3, -0.25) is 14.9 Å². The van der Waals surface area contributed by atoms with Crippen molar-refractivity contribution in [2.24, 2.45) is 0 Å². The summed E-state index contributed by atoms with van der Waals surface area (Å²) in [6, 6.07) is 21.3. The van der Waals surface area contributed by atoms with E-state index in [-0.39, 0.29) is 16.9 Å². The molecule has 3 N–H and O–H groups in total. The molecule has 0 aliphatic rings. The summed E-state index contributed by atoms with van der Waals surface area (Å²) in [7, 11) is 0. The molecule has 0 fully saturated rings. The number of nitrogens with one attached hydrogen (secondary N) is 3. The number of benzene rings is 3. The molecule has 0 atom stereocenters. The fourth-order valence-electron chi connectivity index (χ4n) is 2.92. The van der Waals surface area contributed by atoms with E-state index in [0.717, 1.165) is 17.7 Å². The van der Waals surface area contributed by atoms with Gasteiger partial charge in [0.1, 0.15) is 5.75 Å². The highest BCUT2D eigenvalue weighted by atomic mass is 32.1. The molecule has 3 aromatic rings. The van der Waals surface area contributed by atoms with Crippen molar-refractivity contribution in [3.8, 4) is 5.75 Å². The Labute approximate surface area is 193 Å². The largest absolute Gasteiger partial charge is 0.494 e. The Kier molecular flexibility index (Phi) is 7.94. The molecule has 32 heavy (non-hydrogen) atoms.